The van der Waals surface area contributed by atoms with Crippen LogP contribution in [0, 0.1) is 6.92 Å². The molecule has 0 radical (unpaired) electrons. The summed E-state index contributed by atoms with van der Waals surface area (Å²) in [6.07, 6.45) is 5.38. The molecule has 1 aliphatic carbocycles. The Morgan fingerprint density at radius 1 is 1.24 bits per heavy atom. The molecule has 1 N–H and O–H groups in total. The quantitative estimate of drug-likeness (QED) is 0.802. The van der Waals surface area contributed by atoms with Crippen molar-refractivity contribution in [1.29, 1.82) is 0 Å². The predicted molar refractivity (Wildman–Crippen MR) is 69.1 cm³/mol. The van der Waals surface area contributed by atoms with Crippen molar-refractivity contribution in [3.8, 4) is 0 Å². The van der Waals surface area contributed by atoms with Crippen LogP contribution in [0.4, 0.5) is 0 Å². The Bertz CT molecular complexity index is 372. The van der Waals surface area contributed by atoms with Crippen molar-refractivity contribution in [3.63, 3.8) is 0 Å². The van der Waals surface area contributed by atoms with Gasteiger partial charge in [-0.05, 0) is 25.3 Å². The van der Waals surface area contributed by atoms with Crippen molar-refractivity contribution < 1.29 is 4.74 Å². The Balaban J connectivity index is 1.97. The molecule has 17 heavy (non-hydrogen) atoms. The summed E-state index contributed by atoms with van der Waals surface area (Å²) in [5.74, 6) is 0. The number of nitrogens with one attached hydrogen (secondary N) is 1. The van der Waals surface area contributed by atoms with E-state index in [1.54, 1.807) is 0 Å². The van der Waals surface area contributed by atoms with Gasteiger partial charge in [0.15, 0.2) is 0 Å². The molecule has 2 atom stereocenters. The van der Waals surface area contributed by atoms with Crippen LogP contribution in [-0.4, -0.2) is 19.3 Å². The predicted octanol–water partition coefficient (Wildman–Crippen LogP) is 2.75. The van der Waals surface area contributed by atoms with Crippen molar-refractivity contribution >= 4 is 0 Å². The van der Waals surface area contributed by atoms with Crippen LogP contribution in [0.2, 0.25) is 0 Å². The fourth-order valence-electron chi connectivity index (χ4n) is 3.33. The van der Waals surface area contributed by atoms with E-state index in [0.717, 1.165) is 13.2 Å². The highest BCUT2D eigenvalue weighted by molar-refractivity contribution is 5.30. The lowest BCUT2D eigenvalue weighted by molar-refractivity contribution is -0.0756. The summed E-state index contributed by atoms with van der Waals surface area (Å²) >= 11 is 0. The number of morpholine rings is 1. The van der Waals surface area contributed by atoms with E-state index in [0.29, 0.717) is 6.10 Å². The Kier molecular flexibility index (Phi) is 2.93. The molecule has 0 aromatic heterocycles. The second kappa shape index (κ2) is 4.43. The maximum Gasteiger partial charge on any atom is 0.0799 e. The molecule has 2 fully saturated rings. The first-order valence-corrected chi connectivity index (χ1v) is 6.75. The molecule has 3 rings (SSSR count). The van der Waals surface area contributed by atoms with Crippen molar-refractivity contribution in [1.82, 2.24) is 5.32 Å². The summed E-state index contributed by atoms with van der Waals surface area (Å²) < 4.78 is 6.01. The third kappa shape index (κ3) is 1.90. The van der Waals surface area contributed by atoms with Gasteiger partial charge in [-0.15, -0.1) is 0 Å². The van der Waals surface area contributed by atoms with Gasteiger partial charge in [0, 0.05) is 6.54 Å². The lowest BCUT2D eigenvalue weighted by Crippen LogP contribution is -2.59. The number of aryl methyl sites for hydroxylation is 1. The number of ether oxygens (including phenoxy) is 1. The van der Waals surface area contributed by atoms with Crippen LogP contribution in [0.3, 0.4) is 0 Å². The highest BCUT2D eigenvalue weighted by atomic mass is 16.5. The maximum atomic E-state index is 6.01. The molecule has 2 heteroatoms. The monoisotopic (exact) mass is 231 g/mol. The third-order valence-electron chi connectivity index (χ3n) is 4.27. The zero-order valence-electron chi connectivity index (χ0n) is 10.5. The Hall–Kier alpha value is -0.860. The van der Waals surface area contributed by atoms with E-state index in [2.05, 4.69) is 36.5 Å². The average Bonchev–Trinajstić information content (AvgIpc) is 2.39. The molecule has 1 saturated heterocycles. The van der Waals surface area contributed by atoms with Crippen molar-refractivity contribution in [2.75, 3.05) is 13.2 Å². The standard InChI is InChI=1S/C15H21NO/c1-12-5-7-13(8-6-12)15-9-3-2-4-14(15)17-11-10-16-15/h5-8,14,16H,2-4,9-11H2,1H3. The van der Waals surface area contributed by atoms with E-state index in [4.69, 9.17) is 4.74 Å². The molecule has 2 unspecified atom stereocenters. The Morgan fingerprint density at radius 3 is 2.88 bits per heavy atom. The van der Waals surface area contributed by atoms with Crippen LogP contribution in [0.15, 0.2) is 24.3 Å². The van der Waals surface area contributed by atoms with Crippen molar-refractivity contribution in [3.05, 3.63) is 35.4 Å². The minimum atomic E-state index is 0.0875. The van der Waals surface area contributed by atoms with E-state index in [9.17, 15) is 0 Å². The summed E-state index contributed by atoms with van der Waals surface area (Å²) in [4.78, 5) is 0. The van der Waals surface area contributed by atoms with Crippen LogP contribution >= 0.6 is 0 Å². The van der Waals surface area contributed by atoms with Crippen molar-refractivity contribution in [2.24, 2.45) is 0 Å². The summed E-state index contributed by atoms with van der Waals surface area (Å²) in [5, 5.41) is 3.75. The zero-order chi connectivity index (χ0) is 11.7. The Labute approximate surface area is 103 Å². The molecule has 1 saturated carbocycles. The molecule has 2 nitrogen and oxygen atoms in total. The minimum Gasteiger partial charge on any atom is -0.375 e. The number of fused-ring (bicyclic) bond motifs is 1. The molecule has 92 valence electrons. The SMILES string of the molecule is Cc1ccc(C23CCCCC2OCCN3)cc1. The molecule has 0 amide bonds. The molecule has 0 bridgehead atoms. The fraction of sp³-hybridized carbons (Fsp3) is 0.600. The van der Waals surface area contributed by atoms with Crippen LogP contribution in [0.5, 0.6) is 0 Å². The lowest BCUT2D eigenvalue weighted by Gasteiger charge is -2.48. The summed E-state index contributed by atoms with van der Waals surface area (Å²) in [6, 6.07) is 8.97. The largest absolute Gasteiger partial charge is 0.375 e. The van der Waals surface area contributed by atoms with Crippen LogP contribution < -0.4 is 5.32 Å². The summed E-state index contributed by atoms with van der Waals surface area (Å²) in [5.41, 5.74) is 2.83. The number of rotatable bonds is 1. The highest BCUT2D eigenvalue weighted by Gasteiger charge is 2.44. The third-order valence-corrected chi connectivity index (χ3v) is 4.27. The molecule has 2 aliphatic rings. The normalized spacial score (nSPS) is 33.1. The van der Waals surface area contributed by atoms with E-state index < -0.39 is 0 Å². The van der Waals surface area contributed by atoms with E-state index >= 15 is 0 Å². The van der Waals surface area contributed by atoms with Gasteiger partial charge in [-0.1, -0.05) is 42.7 Å². The first kappa shape index (κ1) is 11.2. The van der Waals surface area contributed by atoms with E-state index in [1.807, 2.05) is 0 Å². The van der Waals surface area contributed by atoms with Gasteiger partial charge in [0.05, 0.1) is 18.2 Å². The second-order valence-corrected chi connectivity index (χ2v) is 5.37. The fourth-order valence-corrected chi connectivity index (χ4v) is 3.33. The van der Waals surface area contributed by atoms with Crippen LogP contribution in [-0.2, 0) is 10.3 Å². The zero-order valence-corrected chi connectivity index (χ0v) is 10.5. The molecule has 1 aromatic carbocycles. The van der Waals surface area contributed by atoms with E-state index in [-0.39, 0.29) is 5.54 Å². The molecular formula is C15H21NO. The van der Waals surface area contributed by atoms with Gasteiger partial charge in [-0.25, -0.2) is 0 Å². The van der Waals surface area contributed by atoms with Gasteiger partial charge in [-0.2, -0.15) is 0 Å². The van der Waals surface area contributed by atoms with Gasteiger partial charge in [0.1, 0.15) is 0 Å². The molecule has 0 spiro atoms. The summed E-state index contributed by atoms with van der Waals surface area (Å²) in [6.45, 7) is 3.98. The van der Waals surface area contributed by atoms with Gasteiger partial charge in [0.25, 0.3) is 0 Å². The van der Waals surface area contributed by atoms with Crippen LogP contribution in [0.1, 0.15) is 36.8 Å². The van der Waals surface area contributed by atoms with Crippen LogP contribution in [0.25, 0.3) is 0 Å². The second-order valence-electron chi connectivity index (χ2n) is 5.37. The van der Waals surface area contributed by atoms with Gasteiger partial charge in [-0.3, -0.25) is 0 Å². The number of benzene rings is 1. The molecule has 1 heterocycles. The first-order chi connectivity index (χ1) is 8.31. The molecule has 1 aliphatic heterocycles. The lowest BCUT2D eigenvalue weighted by atomic mass is 9.73. The number of hydrogen-bond acceptors (Lipinski definition) is 2. The average molecular weight is 231 g/mol. The molecular weight excluding hydrogens is 210 g/mol. The van der Waals surface area contributed by atoms with Crippen molar-refractivity contribution in [2.45, 2.75) is 44.2 Å². The number of hydrogen-bond donors (Lipinski definition) is 1. The smallest absolute Gasteiger partial charge is 0.0799 e. The van der Waals surface area contributed by atoms with Gasteiger partial charge < -0.3 is 10.1 Å². The first-order valence-electron chi connectivity index (χ1n) is 6.75. The highest BCUT2D eigenvalue weighted by Crippen LogP contribution is 2.40. The Morgan fingerprint density at radius 2 is 2.06 bits per heavy atom. The van der Waals surface area contributed by atoms with Gasteiger partial charge >= 0.3 is 0 Å². The minimum absolute atomic E-state index is 0.0875. The van der Waals surface area contributed by atoms with Gasteiger partial charge in [0.2, 0.25) is 0 Å². The van der Waals surface area contributed by atoms with E-state index in [1.165, 1.54) is 36.8 Å². The molecule has 1 aromatic rings. The topological polar surface area (TPSA) is 21.3 Å². The summed E-state index contributed by atoms with van der Waals surface area (Å²) in [7, 11) is 0. The maximum absolute atomic E-state index is 6.01.